The van der Waals surface area contributed by atoms with E-state index in [-0.39, 0.29) is 5.82 Å². The molecule has 4 rings (SSSR count). The van der Waals surface area contributed by atoms with E-state index in [9.17, 15) is 4.39 Å². The summed E-state index contributed by atoms with van der Waals surface area (Å²) in [4.78, 5) is 3.41. The van der Waals surface area contributed by atoms with Crippen LogP contribution in [0.5, 0.6) is 0 Å². The Morgan fingerprint density at radius 1 is 1.25 bits per heavy atom. The molecule has 2 nitrogen and oxygen atoms in total. The van der Waals surface area contributed by atoms with Crippen LogP contribution in [-0.2, 0) is 12.0 Å². The summed E-state index contributed by atoms with van der Waals surface area (Å²) in [5.74, 6) is -0.136. The van der Waals surface area contributed by atoms with E-state index in [0.29, 0.717) is 5.41 Å². The van der Waals surface area contributed by atoms with Gasteiger partial charge in [-0.3, -0.25) is 0 Å². The Kier molecular flexibility index (Phi) is 1.46. The largest absolute Gasteiger partial charge is 0.357 e. The fraction of sp³-hybridized carbons (Fsp3) is 0.385. The molecule has 0 unspecified atom stereocenters. The molecule has 0 bridgehead atoms. The third-order valence-electron chi connectivity index (χ3n) is 3.99. The molecule has 1 aliphatic carbocycles. The van der Waals surface area contributed by atoms with Crippen molar-refractivity contribution in [2.75, 3.05) is 6.54 Å². The van der Waals surface area contributed by atoms with Gasteiger partial charge in [0.2, 0.25) is 0 Å². The average Bonchev–Trinajstić information content (AvgIpc) is 2.92. The van der Waals surface area contributed by atoms with Gasteiger partial charge >= 0.3 is 0 Å². The molecule has 1 aromatic heterocycles. The molecule has 82 valence electrons. The van der Waals surface area contributed by atoms with E-state index in [2.05, 4.69) is 10.3 Å². The van der Waals surface area contributed by atoms with Crippen molar-refractivity contribution in [3.63, 3.8) is 0 Å². The van der Waals surface area contributed by atoms with Gasteiger partial charge in [-0.1, -0.05) is 0 Å². The number of fused-ring (bicyclic) bond motifs is 4. The molecule has 0 atom stereocenters. The van der Waals surface area contributed by atoms with E-state index >= 15 is 0 Å². The molecular formula is C13H13FN2. The van der Waals surface area contributed by atoms with E-state index in [1.165, 1.54) is 30.2 Å². The average molecular weight is 216 g/mol. The number of hydrogen-bond donors (Lipinski definition) is 2. The van der Waals surface area contributed by atoms with Crippen LogP contribution in [0.15, 0.2) is 18.2 Å². The van der Waals surface area contributed by atoms with E-state index in [4.69, 9.17) is 0 Å². The topological polar surface area (TPSA) is 27.8 Å². The maximum Gasteiger partial charge on any atom is 0.123 e. The normalized spacial score (nSPS) is 21.3. The third-order valence-corrected chi connectivity index (χ3v) is 3.99. The molecule has 1 spiro atoms. The van der Waals surface area contributed by atoms with Gasteiger partial charge in [-0.15, -0.1) is 0 Å². The van der Waals surface area contributed by atoms with Gasteiger partial charge in [0, 0.05) is 35.1 Å². The first-order valence-corrected chi connectivity index (χ1v) is 5.80. The van der Waals surface area contributed by atoms with E-state index in [0.717, 1.165) is 24.0 Å². The molecule has 2 heterocycles. The highest BCUT2D eigenvalue weighted by molar-refractivity contribution is 5.86. The van der Waals surface area contributed by atoms with Crippen LogP contribution >= 0.6 is 0 Å². The van der Waals surface area contributed by atoms with Crippen molar-refractivity contribution in [2.45, 2.75) is 24.8 Å². The summed E-state index contributed by atoms with van der Waals surface area (Å²) >= 11 is 0. The van der Waals surface area contributed by atoms with Crippen LogP contribution in [0.25, 0.3) is 10.9 Å². The molecule has 1 aromatic carbocycles. The smallest absolute Gasteiger partial charge is 0.123 e. The molecule has 3 heteroatoms. The Balaban J connectivity index is 2.08. The van der Waals surface area contributed by atoms with E-state index in [1.54, 1.807) is 6.07 Å². The highest BCUT2D eigenvalue weighted by Gasteiger charge is 2.48. The molecule has 2 aromatic rings. The zero-order valence-corrected chi connectivity index (χ0v) is 8.94. The number of nitrogens with one attached hydrogen (secondary N) is 2. The highest BCUT2D eigenvalue weighted by Crippen LogP contribution is 2.52. The first kappa shape index (κ1) is 8.76. The summed E-state index contributed by atoms with van der Waals surface area (Å²) in [6.45, 7) is 1.93. The van der Waals surface area contributed by atoms with Crippen LogP contribution in [0.4, 0.5) is 4.39 Å². The number of H-pyrrole nitrogens is 1. The minimum Gasteiger partial charge on any atom is -0.357 e. The standard InChI is InChI=1S/C13H13FN2/c14-8-1-2-10-9(5-8)12-11(16-10)6-15-7-13(12)3-4-13/h1-2,5,15-16H,3-4,6-7H2. The van der Waals surface area contributed by atoms with Gasteiger partial charge in [-0.25, -0.2) is 4.39 Å². The minimum absolute atomic E-state index is 0.136. The summed E-state index contributed by atoms with van der Waals surface area (Å²) in [6.07, 6.45) is 2.47. The summed E-state index contributed by atoms with van der Waals surface area (Å²) in [5.41, 5.74) is 4.01. The second-order valence-corrected chi connectivity index (χ2v) is 5.05. The highest BCUT2D eigenvalue weighted by atomic mass is 19.1. The molecule has 1 aliphatic heterocycles. The third kappa shape index (κ3) is 0.990. The first-order valence-electron chi connectivity index (χ1n) is 5.80. The second-order valence-electron chi connectivity index (χ2n) is 5.05. The van der Waals surface area contributed by atoms with Gasteiger partial charge in [0.15, 0.2) is 0 Å². The zero-order chi connectivity index (χ0) is 10.8. The Hall–Kier alpha value is -1.35. The lowest BCUT2D eigenvalue weighted by Gasteiger charge is -2.23. The molecule has 0 saturated heterocycles. The Morgan fingerprint density at radius 2 is 2.12 bits per heavy atom. The Labute approximate surface area is 92.9 Å². The molecule has 2 N–H and O–H groups in total. The molecular weight excluding hydrogens is 203 g/mol. The monoisotopic (exact) mass is 216 g/mol. The van der Waals surface area contributed by atoms with Crippen molar-refractivity contribution in [1.29, 1.82) is 0 Å². The van der Waals surface area contributed by atoms with Crippen molar-refractivity contribution in [3.8, 4) is 0 Å². The maximum atomic E-state index is 13.3. The number of aromatic amines is 1. The zero-order valence-electron chi connectivity index (χ0n) is 8.94. The van der Waals surface area contributed by atoms with Crippen molar-refractivity contribution in [3.05, 3.63) is 35.3 Å². The Bertz CT molecular complexity index is 581. The number of benzene rings is 1. The van der Waals surface area contributed by atoms with Crippen LogP contribution in [0.2, 0.25) is 0 Å². The van der Waals surface area contributed by atoms with Crippen LogP contribution in [0.1, 0.15) is 24.1 Å². The predicted molar refractivity (Wildman–Crippen MR) is 60.9 cm³/mol. The molecule has 16 heavy (non-hydrogen) atoms. The number of aromatic nitrogens is 1. The van der Waals surface area contributed by atoms with Crippen LogP contribution in [0, 0.1) is 5.82 Å². The maximum absolute atomic E-state index is 13.3. The van der Waals surface area contributed by atoms with Gasteiger partial charge in [-0.05, 0) is 36.6 Å². The summed E-state index contributed by atoms with van der Waals surface area (Å²) < 4.78 is 13.3. The summed E-state index contributed by atoms with van der Waals surface area (Å²) in [5, 5.41) is 4.54. The fourth-order valence-corrected chi connectivity index (χ4v) is 3.05. The Morgan fingerprint density at radius 3 is 2.94 bits per heavy atom. The van der Waals surface area contributed by atoms with E-state index in [1.807, 2.05) is 6.07 Å². The summed E-state index contributed by atoms with van der Waals surface area (Å²) in [7, 11) is 0. The molecule has 1 saturated carbocycles. The van der Waals surface area contributed by atoms with Crippen LogP contribution < -0.4 is 5.32 Å². The number of hydrogen-bond acceptors (Lipinski definition) is 1. The van der Waals surface area contributed by atoms with Gasteiger partial charge < -0.3 is 10.3 Å². The van der Waals surface area contributed by atoms with Crippen molar-refractivity contribution in [1.82, 2.24) is 10.3 Å². The summed E-state index contributed by atoms with van der Waals surface area (Å²) in [6, 6.07) is 5.05. The van der Waals surface area contributed by atoms with Crippen molar-refractivity contribution in [2.24, 2.45) is 0 Å². The van der Waals surface area contributed by atoms with Crippen LogP contribution in [0.3, 0.4) is 0 Å². The lowest BCUT2D eigenvalue weighted by atomic mass is 9.90. The van der Waals surface area contributed by atoms with Gasteiger partial charge in [-0.2, -0.15) is 0 Å². The van der Waals surface area contributed by atoms with Gasteiger partial charge in [0.05, 0.1) is 0 Å². The second kappa shape index (κ2) is 2.66. The van der Waals surface area contributed by atoms with Gasteiger partial charge in [0.25, 0.3) is 0 Å². The predicted octanol–water partition coefficient (Wildman–Crippen LogP) is 2.44. The minimum atomic E-state index is -0.136. The molecule has 1 fully saturated rings. The first-order chi connectivity index (χ1) is 7.78. The quantitative estimate of drug-likeness (QED) is 0.695. The van der Waals surface area contributed by atoms with E-state index < -0.39 is 0 Å². The molecule has 2 aliphatic rings. The number of halogens is 1. The van der Waals surface area contributed by atoms with Crippen LogP contribution in [-0.4, -0.2) is 11.5 Å². The SMILES string of the molecule is Fc1ccc2[nH]c3c(c2c1)C1(CC1)CNC3. The lowest BCUT2D eigenvalue weighted by Crippen LogP contribution is -2.32. The fourth-order valence-electron chi connectivity index (χ4n) is 3.05. The van der Waals surface area contributed by atoms with Crippen molar-refractivity contribution < 1.29 is 4.39 Å². The number of rotatable bonds is 0. The lowest BCUT2D eigenvalue weighted by molar-refractivity contribution is 0.529. The molecule has 0 amide bonds. The molecule has 0 radical (unpaired) electrons. The van der Waals surface area contributed by atoms with Gasteiger partial charge in [0.1, 0.15) is 5.82 Å². The van der Waals surface area contributed by atoms with Crippen molar-refractivity contribution >= 4 is 10.9 Å².